The van der Waals surface area contributed by atoms with Gasteiger partial charge in [0.15, 0.2) is 5.75 Å². The molecule has 1 heterocycles. The highest BCUT2D eigenvalue weighted by molar-refractivity contribution is 6.31. The van der Waals surface area contributed by atoms with Crippen molar-refractivity contribution in [1.82, 2.24) is 4.98 Å². The fraction of sp³-hybridized carbons (Fsp3) is 0. The molecule has 0 saturated carbocycles. The third-order valence-electron chi connectivity index (χ3n) is 1.82. The molecule has 1 aromatic carbocycles. The second-order valence-electron chi connectivity index (χ2n) is 2.76. The van der Waals surface area contributed by atoms with Gasteiger partial charge in [-0.25, -0.2) is 4.79 Å². The van der Waals surface area contributed by atoms with Gasteiger partial charge in [0, 0.05) is 22.1 Å². The quantitative estimate of drug-likeness (QED) is 0.758. The summed E-state index contributed by atoms with van der Waals surface area (Å²) in [6, 6.07) is 5.24. The minimum absolute atomic E-state index is 0.384. The van der Waals surface area contributed by atoms with E-state index in [1.165, 1.54) is 0 Å². The summed E-state index contributed by atoms with van der Waals surface area (Å²) < 4.78 is 4.77. The Bertz CT molecular complexity index is 493. The predicted octanol–water partition coefficient (Wildman–Crippen LogP) is 2.28. The van der Waals surface area contributed by atoms with Gasteiger partial charge in [0.1, 0.15) is 0 Å². The van der Waals surface area contributed by atoms with Crippen LogP contribution in [0.3, 0.4) is 0 Å². The zero-order valence-corrected chi connectivity index (χ0v) is 7.84. The number of benzene rings is 1. The molecule has 14 heavy (non-hydrogen) atoms. The fourth-order valence-corrected chi connectivity index (χ4v) is 1.43. The van der Waals surface area contributed by atoms with E-state index in [0.717, 1.165) is 10.9 Å². The lowest BCUT2D eigenvalue weighted by atomic mass is 10.2. The average Bonchev–Trinajstić information content (AvgIpc) is 2.47. The van der Waals surface area contributed by atoms with E-state index >= 15 is 0 Å². The summed E-state index contributed by atoms with van der Waals surface area (Å²) in [6.07, 6.45) is 0.719. The summed E-state index contributed by atoms with van der Waals surface area (Å²) in [5.41, 5.74) is 5.74. The first-order valence-electron chi connectivity index (χ1n) is 3.91. The van der Waals surface area contributed by atoms with Crippen LogP contribution in [0.25, 0.3) is 10.9 Å². The molecule has 2 aromatic rings. The van der Waals surface area contributed by atoms with E-state index in [4.69, 9.17) is 22.1 Å². The first kappa shape index (κ1) is 8.90. The van der Waals surface area contributed by atoms with Crippen LogP contribution in [0.5, 0.6) is 5.75 Å². The Balaban J connectivity index is 2.55. The summed E-state index contributed by atoms with van der Waals surface area (Å²) >= 11 is 5.80. The normalized spacial score (nSPS) is 10.4. The second-order valence-corrected chi connectivity index (χ2v) is 3.20. The number of hydrogen-bond donors (Lipinski definition) is 2. The molecule has 4 nitrogen and oxygen atoms in total. The van der Waals surface area contributed by atoms with Gasteiger partial charge in [-0.1, -0.05) is 11.6 Å². The average molecular weight is 211 g/mol. The van der Waals surface area contributed by atoms with Crippen LogP contribution in [0.4, 0.5) is 4.79 Å². The summed E-state index contributed by atoms with van der Waals surface area (Å²) in [6.45, 7) is 0. The molecule has 1 aromatic heterocycles. The van der Waals surface area contributed by atoms with E-state index < -0.39 is 6.09 Å². The van der Waals surface area contributed by atoms with Crippen LogP contribution in [0.1, 0.15) is 0 Å². The minimum Gasteiger partial charge on any atom is -0.408 e. The van der Waals surface area contributed by atoms with Crippen LogP contribution in [0.2, 0.25) is 5.02 Å². The topological polar surface area (TPSA) is 68.1 Å². The molecule has 0 aliphatic carbocycles. The molecule has 0 saturated heterocycles. The van der Waals surface area contributed by atoms with Gasteiger partial charge in [0.05, 0.1) is 0 Å². The molecule has 0 atom stereocenters. The van der Waals surface area contributed by atoms with Crippen LogP contribution in [0.15, 0.2) is 24.4 Å². The summed E-state index contributed by atoms with van der Waals surface area (Å²) in [7, 11) is 0. The summed E-state index contributed by atoms with van der Waals surface area (Å²) in [5, 5.41) is 1.31. The Kier molecular flexibility index (Phi) is 2.05. The van der Waals surface area contributed by atoms with Crippen LogP contribution in [-0.2, 0) is 0 Å². The van der Waals surface area contributed by atoms with Crippen LogP contribution < -0.4 is 10.5 Å². The van der Waals surface area contributed by atoms with Gasteiger partial charge in [-0.3, -0.25) is 0 Å². The maximum absolute atomic E-state index is 10.5. The van der Waals surface area contributed by atoms with Crippen molar-refractivity contribution < 1.29 is 9.53 Å². The van der Waals surface area contributed by atoms with Crippen molar-refractivity contribution in [3.63, 3.8) is 0 Å². The van der Waals surface area contributed by atoms with Gasteiger partial charge in [0.25, 0.3) is 0 Å². The van der Waals surface area contributed by atoms with E-state index in [9.17, 15) is 4.79 Å². The molecule has 3 N–H and O–H groups in total. The van der Waals surface area contributed by atoms with E-state index in [-0.39, 0.29) is 0 Å². The highest BCUT2D eigenvalue weighted by Gasteiger charge is 2.07. The molecule has 0 bridgehead atoms. The molecule has 0 fully saturated rings. The van der Waals surface area contributed by atoms with Crippen molar-refractivity contribution >= 4 is 28.6 Å². The van der Waals surface area contributed by atoms with Crippen molar-refractivity contribution in [1.29, 1.82) is 0 Å². The van der Waals surface area contributed by atoms with E-state index in [2.05, 4.69) is 4.98 Å². The third kappa shape index (κ3) is 1.52. The molecule has 0 unspecified atom stereocenters. The van der Waals surface area contributed by atoms with Gasteiger partial charge >= 0.3 is 6.09 Å². The zero-order chi connectivity index (χ0) is 10.1. The molecule has 1 amide bonds. The lowest BCUT2D eigenvalue weighted by Gasteiger charge is -1.97. The molecule has 0 aliphatic heterocycles. The highest BCUT2D eigenvalue weighted by Crippen LogP contribution is 2.27. The number of carbonyl (C=O) groups excluding carboxylic acids is 1. The van der Waals surface area contributed by atoms with Gasteiger partial charge in [0.2, 0.25) is 0 Å². The second kappa shape index (κ2) is 3.23. The number of primary amides is 1. The molecule has 5 heteroatoms. The molecule has 2 rings (SSSR count). The number of aromatic nitrogens is 1. The Hall–Kier alpha value is -1.68. The number of halogens is 1. The van der Waals surface area contributed by atoms with E-state index in [1.807, 2.05) is 0 Å². The maximum atomic E-state index is 10.5. The number of amides is 1. The molecular weight excluding hydrogens is 204 g/mol. The van der Waals surface area contributed by atoms with Gasteiger partial charge in [-0.05, 0) is 18.2 Å². The first-order valence-corrected chi connectivity index (χ1v) is 4.28. The largest absolute Gasteiger partial charge is 0.410 e. The molecule has 0 aliphatic rings. The van der Waals surface area contributed by atoms with Crippen molar-refractivity contribution in [2.45, 2.75) is 0 Å². The summed E-state index contributed by atoms with van der Waals surface area (Å²) in [5.74, 6) is 0.384. The number of H-pyrrole nitrogens is 1. The Morgan fingerprint density at radius 2 is 2.29 bits per heavy atom. The number of aromatic amines is 1. The summed E-state index contributed by atoms with van der Waals surface area (Å²) in [4.78, 5) is 13.5. The highest BCUT2D eigenvalue weighted by atomic mass is 35.5. The Morgan fingerprint density at radius 1 is 1.50 bits per heavy atom. The van der Waals surface area contributed by atoms with Gasteiger partial charge < -0.3 is 15.5 Å². The number of nitrogens with two attached hydrogens (primary N) is 1. The third-order valence-corrected chi connectivity index (χ3v) is 2.05. The Morgan fingerprint density at radius 3 is 3.00 bits per heavy atom. The maximum Gasteiger partial charge on any atom is 0.410 e. The predicted molar refractivity (Wildman–Crippen MR) is 53.5 cm³/mol. The van der Waals surface area contributed by atoms with Crippen LogP contribution in [-0.4, -0.2) is 11.1 Å². The Labute approximate surface area is 84.6 Å². The SMILES string of the molecule is NC(=O)Oc1c[nH]c2ccc(Cl)cc12. The lowest BCUT2D eigenvalue weighted by molar-refractivity contribution is 0.211. The van der Waals surface area contributed by atoms with Gasteiger partial charge in [-0.2, -0.15) is 0 Å². The van der Waals surface area contributed by atoms with Crippen LogP contribution >= 0.6 is 11.6 Å². The van der Waals surface area contributed by atoms with Crippen molar-refractivity contribution in [2.75, 3.05) is 0 Å². The van der Waals surface area contributed by atoms with E-state index in [0.29, 0.717) is 10.8 Å². The minimum atomic E-state index is -0.842. The lowest BCUT2D eigenvalue weighted by Crippen LogP contribution is -2.15. The monoisotopic (exact) mass is 210 g/mol. The fourth-order valence-electron chi connectivity index (χ4n) is 1.26. The standard InChI is InChI=1S/C9H7ClN2O2/c10-5-1-2-7-6(3-5)8(4-12-7)14-9(11)13/h1-4,12H,(H2,11,13). The number of hydrogen-bond acceptors (Lipinski definition) is 2. The first-order chi connectivity index (χ1) is 6.66. The molecule has 72 valence electrons. The number of fused-ring (bicyclic) bond motifs is 1. The molecule has 0 spiro atoms. The van der Waals surface area contributed by atoms with Crippen molar-refractivity contribution in [2.24, 2.45) is 5.73 Å². The van der Waals surface area contributed by atoms with E-state index in [1.54, 1.807) is 24.4 Å². The van der Waals surface area contributed by atoms with Crippen LogP contribution in [0, 0.1) is 0 Å². The number of carbonyl (C=O) groups is 1. The number of rotatable bonds is 1. The van der Waals surface area contributed by atoms with Crippen molar-refractivity contribution in [3.05, 3.63) is 29.4 Å². The van der Waals surface area contributed by atoms with Gasteiger partial charge in [-0.15, -0.1) is 0 Å². The number of ether oxygens (including phenoxy) is 1. The number of nitrogens with one attached hydrogen (secondary N) is 1. The molecule has 0 radical (unpaired) electrons. The zero-order valence-electron chi connectivity index (χ0n) is 7.08. The molecular formula is C9H7ClN2O2. The smallest absolute Gasteiger partial charge is 0.408 e. The van der Waals surface area contributed by atoms with Crippen molar-refractivity contribution in [3.8, 4) is 5.75 Å².